The molecular weight excluding hydrogens is 421 g/mol. The lowest BCUT2D eigenvalue weighted by atomic mass is 9.98. The predicted molar refractivity (Wildman–Crippen MR) is 118 cm³/mol. The van der Waals surface area contributed by atoms with Crippen molar-refractivity contribution in [1.29, 1.82) is 0 Å². The maximum absolute atomic E-state index is 13.9. The minimum Gasteiger partial charge on any atom is -0.481 e. The van der Waals surface area contributed by atoms with E-state index in [2.05, 4.69) is 0 Å². The first kappa shape index (κ1) is 22.9. The van der Waals surface area contributed by atoms with Crippen molar-refractivity contribution >= 4 is 27.1 Å². The van der Waals surface area contributed by atoms with Crippen molar-refractivity contribution in [3.63, 3.8) is 0 Å². The van der Waals surface area contributed by atoms with Crippen molar-refractivity contribution < 1.29 is 27.8 Å². The Morgan fingerprint density at radius 1 is 1.10 bits per heavy atom. The molecular formula is C23H25FNO5S+. The van der Waals surface area contributed by atoms with Crippen LogP contribution in [-0.4, -0.2) is 33.0 Å². The Morgan fingerprint density at radius 2 is 1.74 bits per heavy atom. The average molecular weight is 447 g/mol. The summed E-state index contributed by atoms with van der Waals surface area (Å²) in [7, 11) is -3.35. The number of carboxylic acids is 1. The van der Waals surface area contributed by atoms with Crippen molar-refractivity contribution in [3.8, 4) is 11.5 Å². The highest BCUT2D eigenvalue weighted by Crippen LogP contribution is 2.37. The van der Waals surface area contributed by atoms with Gasteiger partial charge in [0.25, 0.3) is 0 Å². The van der Waals surface area contributed by atoms with Crippen LogP contribution >= 0.6 is 0 Å². The average Bonchev–Trinajstić information content (AvgIpc) is 2.72. The van der Waals surface area contributed by atoms with Gasteiger partial charge in [-0.25, -0.2) is 4.39 Å². The first-order chi connectivity index (χ1) is 14.7. The first-order valence-electron chi connectivity index (χ1n) is 9.90. The van der Waals surface area contributed by atoms with Crippen molar-refractivity contribution in [1.82, 2.24) is 4.31 Å². The molecule has 0 saturated carbocycles. The minimum atomic E-state index is -3.35. The summed E-state index contributed by atoms with van der Waals surface area (Å²) in [5.74, 6) is -0.666. The monoisotopic (exact) mass is 446 g/mol. The van der Waals surface area contributed by atoms with Crippen LogP contribution in [0.4, 0.5) is 4.39 Å². The topological polar surface area (TPSA) is 87.1 Å². The number of carbonyl (C=O) groups is 1. The number of ether oxygens (including phenoxy) is 1. The molecule has 0 bridgehead atoms. The van der Waals surface area contributed by atoms with E-state index < -0.39 is 22.2 Å². The van der Waals surface area contributed by atoms with E-state index in [0.29, 0.717) is 46.5 Å². The van der Waals surface area contributed by atoms with Gasteiger partial charge in [-0.1, -0.05) is 16.4 Å². The Labute approximate surface area is 181 Å². The van der Waals surface area contributed by atoms with Crippen molar-refractivity contribution in [2.24, 2.45) is 0 Å². The fourth-order valence-corrected chi connectivity index (χ4v) is 4.99. The lowest BCUT2D eigenvalue weighted by molar-refractivity contribution is -0.136. The second-order valence-corrected chi connectivity index (χ2v) is 9.09. The quantitative estimate of drug-likeness (QED) is 0.459. The number of fused-ring (bicyclic) bond motifs is 1. The number of carboxylic acid groups (broad SMARTS) is 1. The molecule has 3 rings (SSSR count). The molecule has 0 saturated heterocycles. The Morgan fingerprint density at radius 3 is 2.32 bits per heavy atom. The smallest absolute Gasteiger partial charge is 0.325 e. The van der Waals surface area contributed by atoms with Gasteiger partial charge in [0.1, 0.15) is 17.3 Å². The van der Waals surface area contributed by atoms with E-state index in [1.54, 1.807) is 31.2 Å². The van der Waals surface area contributed by atoms with Gasteiger partial charge >= 0.3 is 16.4 Å². The van der Waals surface area contributed by atoms with Crippen LogP contribution in [0.1, 0.15) is 25.0 Å². The van der Waals surface area contributed by atoms with E-state index in [1.807, 2.05) is 13.8 Å². The lowest BCUT2D eigenvalue weighted by Gasteiger charge is -2.17. The third kappa shape index (κ3) is 4.76. The number of nitrogens with zero attached hydrogens (tertiary/aromatic N) is 1. The van der Waals surface area contributed by atoms with Crippen LogP contribution < -0.4 is 4.74 Å². The van der Waals surface area contributed by atoms with Crippen molar-refractivity contribution in [2.45, 2.75) is 32.1 Å². The molecule has 0 spiro atoms. The molecule has 3 aromatic rings. The molecule has 3 aromatic carbocycles. The van der Waals surface area contributed by atoms with Crippen LogP contribution in [0.15, 0.2) is 53.4 Å². The second-order valence-electron chi connectivity index (χ2n) is 7.11. The third-order valence-corrected chi connectivity index (χ3v) is 7.26. The molecule has 0 aliphatic heterocycles. The van der Waals surface area contributed by atoms with Gasteiger partial charge in [-0.3, -0.25) is 4.79 Å². The van der Waals surface area contributed by atoms with E-state index in [4.69, 9.17) is 4.74 Å². The zero-order chi connectivity index (χ0) is 22.8. The van der Waals surface area contributed by atoms with Gasteiger partial charge < -0.3 is 9.84 Å². The summed E-state index contributed by atoms with van der Waals surface area (Å²) in [6.45, 7) is 6.21. The summed E-state index contributed by atoms with van der Waals surface area (Å²) in [6.07, 6.45) is -0.190. The standard InChI is InChI=1S/C23H24FNO5S/c1-4-25(5-2)31(28,29)20-10-8-19(9-11-20)30-23-15(3)17(13-22(26)27)12-16-6-7-18(24)14-21(16)23/h6-12,14H,4-5,13H2,1-3H3,(H-,26,27,28,29)/p+1. The van der Waals surface area contributed by atoms with Crippen LogP contribution in [0.25, 0.3) is 10.8 Å². The highest BCUT2D eigenvalue weighted by atomic mass is 32.3. The maximum Gasteiger partial charge on any atom is 0.325 e. The summed E-state index contributed by atoms with van der Waals surface area (Å²) < 4.78 is 44.7. The summed E-state index contributed by atoms with van der Waals surface area (Å²) in [5, 5.41) is 10.4. The molecule has 0 fully saturated rings. The highest BCUT2D eigenvalue weighted by molar-refractivity contribution is 7.95. The summed E-state index contributed by atoms with van der Waals surface area (Å²) in [4.78, 5) is 11.5. The number of rotatable bonds is 8. The van der Waals surface area contributed by atoms with Crippen LogP contribution in [-0.2, 0) is 25.8 Å². The normalized spacial score (nSPS) is 13.4. The van der Waals surface area contributed by atoms with Crippen molar-refractivity contribution in [3.05, 3.63) is 65.5 Å². The van der Waals surface area contributed by atoms with E-state index in [1.165, 1.54) is 28.6 Å². The molecule has 0 amide bonds. The van der Waals surface area contributed by atoms with Gasteiger partial charge in [0.15, 0.2) is 0 Å². The summed E-state index contributed by atoms with van der Waals surface area (Å²) in [6, 6.07) is 12.1. The van der Waals surface area contributed by atoms with Gasteiger partial charge in [-0.05, 0) is 65.8 Å². The van der Waals surface area contributed by atoms with Gasteiger partial charge in [-0.15, -0.1) is 0 Å². The Balaban J connectivity index is 2.03. The summed E-state index contributed by atoms with van der Waals surface area (Å²) in [5.41, 5.74) is 1.16. The van der Waals surface area contributed by atoms with Crippen LogP contribution in [0.3, 0.4) is 0 Å². The van der Waals surface area contributed by atoms with Crippen LogP contribution in [0.2, 0.25) is 0 Å². The fraction of sp³-hybridized carbons (Fsp3) is 0.261. The SMILES string of the molecule is CCN(CC)[S+](=O)(O)c1ccc(Oc2c(C)c(CC(=O)O)cc3ccc(F)cc23)cc1. The number of hydrogen-bond donors (Lipinski definition) is 2. The molecule has 1 atom stereocenters. The Kier molecular flexibility index (Phi) is 6.74. The minimum absolute atomic E-state index is 0.190. The van der Waals surface area contributed by atoms with Gasteiger partial charge in [-0.2, -0.15) is 4.55 Å². The lowest BCUT2D eigenvalue weighted by Crippen LogP contribution is -2.35. The van der Waals surface area contributed by atoms with Crippen LogP contribution in [0.5, 0.6) is 11.5 Å². The molecule has 0 aliphatic carbocycles. The maximum atomic E-state index is 13.9. The molecule has 2 N–H and O–H groups in total. The number of halogens is 1. The highest BCUT2D eigenvalue weighted by Gasteiger charge is 2.36. The number of benzene rings is 3. The molecule has 0 aromatic heterocycles. The fourth-order valence-electron chi connectivity index (χ4n) is 3.50. The number of aliphatic carboxylic acids is 1. The first-order valence-corrected chi connectivity index (χ1v) is 11.4. The Bertz CT molecular complexity index is 1160. The predicted octanol–water partition coefficient (Wildman–Crippen LogP) is 5.29. The third-order valence-electron chi connectivity index (χ3n) is 5.16. The molecule has 164 valence electrons. The molecule has 0 heterocycles. The van der Waals surface area contributed by atoms with E-state index in [0.717, 1.165) is 0 Å². The van der Waals surface area contributed by atoms with Gasteiger partial charge in [0.05, 0.1) is 6.42 Å². The zero-order valence-corrected chi connectivity index (χ0v) is 18.4. The molecule has 1 unspecified atom stereocenters. The second kappa shape index (κ2) is 9.13. The van der Waals surface area contributed by atoms with Crippen molar-refractivity contribution in [2.75, 3.05) is 13.1 Å². The molecule has 0 radical (unpaired) electrons. The summed E-state index contributed by atoms with van der Waals surface area (Å²) >= 11 is 0. The van der Waals surface area contributed by atoms with Gasteiger partial charge in [0.2, 0.25) is 4.90 Å². The van der Waals surface area contributed by atoms with E-state index >= 15 is 0 Å². The largest absolute Gasteiger partial charge is 0.481 e. The van der Waals surface area contributed by atoms with E-state index in [9.17, 15) is 23.1 Å². The molecule has 8 heteroatoms. The molecule has 31 heavy (non-hydrogen) atoms. The number of hydrogen-bond acceptors (Lipinski definition) is 3. The van der Waals surface area contributed by atoms with Crippen LogP contribution in [0, 0.1) is 12.7 Å². The zero-order valence-electron chi connectivity index (χ0n) is 17.6. The van der Waals surface area contributed by atoms with E-state index in [-0.39, 0.29) is 11.3 Å². The molecule has 6 nitrogen and oxygen atoms in total. The molecule has 0 aliphatic rings. The Hall–Kier alpha value is -2.81. The van der Waals surface area contributed by atoms with Gasteiger partial charge in [0, 0.05) is 30.6 Å².